The number of carbonyl (C=O) groups is 1. The van der Waals surface area contributed by atoms with Crippen LogP contribution in [0.1, 0.15) is 15.9 Å². The Kier molecular flexibility index (Phi) is 4.61. The Morgan fingerprint density at radius 1 is 1.15 bits per heavy atom. The van der Waals surface area contributed by atoms with Gasteiger partial charge in [-0.15, -0.1) is 0 Å². The van der Waals surface area contributed by atoms with Gasteiger partial charge in [0.25, 0.3) is 5.91 Å². The van der Waals surface area contributed by atoms with E-state index in [1.54, 1.807) is 42.5 Å². The van der Waals surface area contributed by atoms with Crippen molar-refractivity contribution in [1.82, 2.24) is 5.43 Å². The van der Waals surface area contributed by atoms with Gasteiger partial charge in [-0.25, -0.2) is 5.43 Å². The third-order valence-electron chi connectivity index (χ3n) is 2.49. The van der Waals surface area contributed by atoms with E-state index in [1.165, 1.54) is 6.21 Å². The molecule has 102 valence electrons. The van der Waals surface area contributed by atoms with Gasteiger partial charge in [0.1, 0.15) is 5.75 Å². The maximum atomic E-state index is 11.7. The Labute approximate surface area is 125 Å². The number of aromatic hydroxyl groups is 1. The van der Waals surface area contributed by atoms with Gasteiger partial charge in [-0.2, -0.15) is 5.10 Å². The summed E-state index contributed by atoms with van der Waals surface area (Å²) in [6, 6.07) is 11.3. The van der Waals surface area contributed by atoms with Gasteiger partial charge in [0, 0.05) is 16.1 Å². The average molecular weight is 309 g/mol. The molecule has 0 aromatic heterocycles. The highest BCUT2D eigenvalue weighted by Gasteiger charge is 2.04. The van der Waals surface area contributed by atoms with Gasteiger partial charge in [0.15, 0.2) is 0 Å². The molecule has 0 fully saturated rings. The van der Waals surface area contributed by atoms with Crippen LogP contribution >= 0.6 is 23.2 Å². The first-order chi connectivity index (χ1) is 9.58. The number of nitrogens with one attached hydrogen (secondary N) is 1. The normalized spacial score (nSPS) is 10.7. The van der Waals surface area contributed by atoms with Crippen LogP contribution in [-0.4, -0.2) is 17.2 Å². The van der Waals surface area contributed by atoms with Crippen LogP contribution in [0.4, 0.5) is 0 Å². The molecule has 0 heterocycles. The maximum Gasteiger partial charge on any atom is 0.271 e. The molecule has 1 amide bonds. The number of rotatable bonds is 3. The highest BCUT2D eigenvalue weighted by molar-refractivity contribution is 6.32. The monoisotopic (exact) mass is 308 g/mol. The van der Waals surface area contributed by atoms with Crippen molar-refractivity contribution >= 4 is 35.3 Å². The number of phenols is 1. The minimum absolute atomic E-state index is 0.0846. The van der Waals surface area contributed by atoms with Crippen molar-refractivity contribution in [2.75, 3.05) is 0 Å². The lowest BCUT2D eigenvalue weighted by atomic mass is 10.2. The number of hydrazone groups is 1. The zero-order valence-electron chi connectivity index (χ0n) is 10.2. The van der Waals surface area contributed by atoms with Crippen molar-refractivity contribution in [3.63, 3.8) is 0 Å². The molecule has 2 rings (SSSR count). The van der Waals surface area contributed by atoms with Crippen molar-refractivity contribution < 1.29 is 9.90 Å². The van der Waals surface area contributed by atoms with Gasteiger partial charge in [-0.1, -0.05) is 29.3 Å². The van der Waals surface area contributed by atoms with E-state index in [0.717, 1.165) is 0 Å². The molecule has 0 spiro atoms. The molecule has 0 unspecified atom stereocenters. The highest BCUT2D eigenvalue weighted by atomic mass is 35.5. The summed E-state index contributed by atoms with van der Waals surface area (Å²) < 4.78 is 0. The number of carbonyl (C=O) groups excluding carboxylic acids is 1. The summed E-state index contributed by atoms with van der Waals surface area (Å²) in [6.07, 6.45) is 1.31. The maximum absolute atomic E-state index is 11.7. The van der Waals surface area contributed by atoms with E-state index in [-0.39, 0.29) is 16.7 Å². The molecule has 2 aromatic rings. The highest BCUT2D eigenvalue weighted by Crippen LogP contribution is 2.25. The van der Waals surface area contributed by atoms with Gasteiger partial charge < -0.3 is 5.11 Å². The van der Waals surface area contributed by atoms with E-state index >= 15 is 0 Å². The lowest BCUT2D eigenvalue weighted by Gasteiger charge is -2.01. The number of amides is 1. The zero-order chi connectivity index (χ0) is 14.5. The molecule has 2 N–H and O–H groups in total. The van der Waals surface area contributed by atoms with Gasteiger partial charge in [0.05, 0.1) is 11.2 Å². The first-order valence-electron chi connectivity index (χ1n) is 5.64. The minimum atomic E-state index is -0.376. The molecule has 0 radical (unpaired) electrons. The molecule has 0 saturated heterocycles. The summed E-state index contributed by atoms with van der Waals surface area (Å²) in [6.45, 7) is 0. The molecular formula is C14H10Cl2N2O2. The second-order valence-corrected chi connectivity index (χ2v) is 4.73. The van der Waals surface area contributed by atoms with Crippen molar-refractivity contribution in [1.29, 1.82) is 0 Å². The lowest BCUT2D eigenvalue weighted by molar-refractivity contribution is 0.0955. The molecule has 0 bridgehead atoms. The van der Waals surface area contributed by atoms with Crippen LogP contribution in [0.15, 0.2) is 47.6 Å². The SMILES string of the molecule is O=C(NN=Cc1cccc(Cl)c1O)c1ccc(Cl)cc1. The van der Waals surface area contributed by atoms with E-state index in [9.17, 15) is 9.90 Å². The second-order valence-electron chi connectivity index (χ2n) is 3.88. The summed E-state index contributed by atoms with van der Waals surface area (Å²) in [4.78, 5) is 11.7. The first-order valence-corrected chi connectivity index (χ1v) is 6.40. The van der Waals surface area contributed by atoms with Gasteiger partial charge in [-0.05, 0) is 36.4 Å². The zero-order valence-corrected chi connectivity index (χ0v) is 11.7. The lowest BCUT2D eigenvalue weighted by Crippen LogP contribution is -2.17. The predicted octanol–water partition coefficient (Wildman–Crippen LogP) is 3.46. The molecule has 0 atom stereocenters. The largest absolute Gasteiger partial charge is 0.506 e. The van der Waals surface area contributed by atoms with Crippen LogP contribution in [0.5, 0.6) is 5.75 Å². The number of para-hydroxylation sites is 1. The van der Waals surface area contributed by atoms with Gasteiger partial charge >= 0.3 is 0 Å². The Morgan fingerprint density at radius 2 is 1.85 bits per heavy atom. The summed E-state index contributed by atoms with van der Waals surface area (Å²) in [5.74, 6) is -0.460. The van der Waals surface area contributed by atoms with Crippen molar-refractivity contribution in [3.05, 3.63) is 63.6 Å². The summed E-state index contributed by atoms with van der Waals surface area (Å²) in [5.41, 5.74) is 3.19. The van der Waals surface area contributed by atoms with Crippen LogP contribution in [0.25, 0.3) is 0 Å². The topological polar surface area (TPSA) is 61.7 Å². The number of hydrogen-bond donors (Lipinski definition) is 2. The molecule has 0 aliphatic rings. The molecule has 4 nitrogen and oxygen atoms in total. The van der Waals surface area contributed by atoms with Gasteiger partial charge in [-0.3, -0.25) is 4.79 Å². The Hall–Kier alpha value is -2.04. The van der Waals surface area contributed by atoms with Crippen LogP contribution < -0.4 is 5.43 Å². The van der Waals surface area contributed by atoms with E-state index in [4.69, 9.17) is 23.2 Å². The quantitative estimate of drug-likeness (QED) is 0.674. The van der Waals surface area contributed by atoms with Crippen LogP contribution in [-0.2, 0) is 0 Å². The number of nitrogens with zero attached hydrogens (tertiary/aromatic N) is 1. The molecule has 0 aliphatic heterocycles. The smallest absolute Gasteiger partial charge is 0.271 e. The average Bonchev–Trinajstić information content (AvgIpc) is 2.44. The molecule has 20 heavy (non-hydrogen) atoms. The molecule has 0 aliphatic carbocycles. The van der Waals surface area contributed by atoms with Crippen molar-refractivity contribution in [3.8, 4) is 5.75 Å². The molecule has 0 saturated carbocycles. The molecule has 6 heteroatoms. The van der Waals surface area contributed by atoms with Crippen molar-refractivity contribution in [2.24, 2.45) is 5.10 Å². The van der Waals surface area contributed by atoms with Crippen LogP contribution in [0.2, 0.25) is 10.0 Å². The standard InChI is InChI=1S/C14H10Cl2N2O2/c15-11-6-4-9(5-7-11)14(20)18-17-8-10-2-1-3-12(16)13(10)19/h1-8,19H,(H,18,20). The van der Waals surface area contributed by atoms with Crippen molar-refractivity contribution in [2.45, 2.75) is 0 Å². The molecule has 2 aromatic carbocycles. The fraction of sp³-hybridized carbons (Fsp3) is 0. The van der Waals surface area contributed by atoms with Crippen LogP contribution in [0, 0.1) is 0 Å². The first kappa shape index (κ1) is 14.4. The van der Waals surface area contributed by atoms with E-state index in [0.29, 0.717) is 16.1 Å². The number of hydrogen-bond acceptors (Lipinski definition) is 3. The van der Waals surface area contributed by atoms with Crippen LogP contribution in [0.3, 0.4) is 0 Å². The van der Waals surface area contributed by atoms with E-state index in [1.807, 2.05) is 0 Å². The van der Waals surface area contributed by atoms with E-state index in [2.05, 4.69) is 10.5 Å². The summed E-state index contributed by atoms with van der Waals surface area (Å²) in [5, 5.41) is 14.2. The number of halogens is 2. The Morgan fingerprint density at radius 3 is 2.55 bits per heavy atom. The fourth-order valence-corrected chi connectivity index (χ4v) is 1.77. The van der Waals surface area contributed by atoms with Gasteiger partial charge in [0.2, 0.25) is 0 Å². The third kappa shape index (κ3) is 3.50. The number of benzene rings is 2. The Bertz CT molecular complexity index is 655. The number of phenolic OH excluding ortho intramolecular Hbond substituents is 1. The summed E-state index contributed by atoms with van der Waals surface area (Å²) in [7, 11) is 0. The second kappa shape index (κ2) is 6.41. The minimum Gasteiger partial charge on any atom is -0.506 e. The molecular weight excluding hydrogens is 299 g/mol. The fourth-order valence-electron chi connectivity index (χ4n) is 1.46. The Balaban J connectivity index is 2.04. The predicted molar refractivity (Wildman–Crippen MR) is 79.6 cm³/mol. The summed E-state index contributed by atoms with van der Waals surface area (Å²) >= 11 is 11.5. The third-order valence-corrected chi connectivity index (χ3v) is 3.05. The van der Waals surface area contributed by atoms with E-state index < -0.39 is 0 Å².